The summed E-state index contributed by atoms with van der Waals surface area (Å²) in [6, 6.07) is 8.86. The lowest BCUT2D eigenvalue weighted by molar-refractivity contribution is 0.102. The van der Waals surface area contributed by atoms with Gasteiger partial charge in [0.1, 0.15) is 19.0 Å². The largest absolute Gasteiger partial charge is 0.486 e. The van der Waals surface area contributed by atoms with Gasteiger partial charge in [-0.05, 0) is 24.3 Å². The fourth-order valence-electron chi connectivity index (χ4n) is 2.04. The van der Waals surface area contributed by atoms with Crippen molar-refractivity contribution in [2.24, 2.45) is 0 Å². The van der Waals surface area contributed by atoms with Crippen LogP contribution >= 0.6 is 0 Å². The quantitative estimate of drug-likeness (QED) is 0.904. The molecule has 108 valence electrons. The van der Waals surface area contributed by atoms with E-state index in [9.17, 15) is 4.79 Å². The van der Waals surface area contributed by atoms with Crippen molar-refractivity contribution >= 4 is 17.4 Å². The highest BCUT2D eigenvalue weighted by Crippen LogP contribution is 2.37. The van der Waals surface area contributed by atoms with Gasteiger partial charge in [0.2, 0.25) is 0 Å². The standard InChI is InChI=1S/C15H15N3O3/c1-16-13-6-5-10(9-17-13)15(19)18-11-3-2-4-12-14(11)21-8-7-20-12/h2-6,9H,7-8H2,1H3,(H,16,17)(H,18,19). The molecule has 2 heterocycles. The first-order valence-electron chi connectivity index (χ1n) is 6.61. The summed E-state index contributed by atoms with van der Waals surface area (Å²) in [6.07, 6.45) is 1.52. The molecule has 1 aliphatic rings. The van der Waals surface area contributed by atoms with Crippen LogP contribution in [0.2, 0.25) is 0 Å². The Hall–Kier alpha value is -2.76. The summed E-state index contributed by atoms with van der Waals surface area (Å²) in [5.41, 5.74) is 1.07. The molecule has 0 saturated carbocycles. The van der Waals surface area contributed by atoms with Gasteiger partial charge < -0.3 is 20.1 Å². The normalized spacial score (nSPS) is 12.6. The summed E-state index contributed by atoms with van der Waals surface area (Å²) in [5, 5.41) is 5.72. The van der Waals surface area contributed by atoms with Crippen LogP contribution in [0.5, 0.6) is 11.5 Å². The van der Waals surface area contributed by atoms with E-state index in [2.05, 4.69) is 15.6 Å². The lowest BCUT2D eigenvalue weighted by Gasteiger charge is -2.21. The van der Waals surface area contributed by atoms with Gasteiger partial charge in [0, 0.05) is 13.2 Å². The molecule has 2 N–H and O–H groups in total. The molecular weight excluding hydrogens is 270 g/mol. The molecule has 1 aliphatic heterocycles. The Morgan fingerprint density at radius 1 is 1.19 bits per heavy atom. The molecule has 0 bridgehead atoms. The SMILES string of the molecule is CNc1ccc(C(=O)Nc2cccc3c2OCCO3)cn1. The maximum Gasteiger partial charge on any atom is 0.257 e. The second-order valence-electron chi connectivity index (χ2n) is 4.47. The summed E-state index contributed by atoms with van der Waals surface area (Å²) >= 11 is 0. The van der Waals surface area contributed by atoms with Crippen LogP contribution in [0.15, 0.2) is 36.5 Å². The molecule has 1 aromatic carbocycles. The van der Waals surface area contributed by atoms with Crippen LogP contribution in [0.25, 0.3) is 0 Å². The predicted octanol–water partition coefficient (Wildman–Crippen LogP) is 2.15. The van der Waals surface area contributed by atoms with Gasteiger partial charge >= 0.3 is 0 Å². The topological polar surface area (TPSA) is 72.5 Å². The molecule has 0 atom stereocenters. The second kappa shape index (κ2) is 5.70. The number of aromatic nitrogens is 1. The highest BCUT2D eigenvalue weighted by Gasteiger charge is 2.17. The van der Waals surface area contributed by atoms with E-state index in [0.717, 1.165) is 0 Å². The van der Waals surface area contributed by atoms with Crippen molar-refractivity contribution in [2.45, 2.75) is 0 Å². The molecule has 0 saturated heterocycles. The van der Waals surface area contributed by atoms with E-state index in [4.69, 9.17) is 9.47 Å². The lowest BCUT2D eigenvalue weighted by atomic mass is 10.2. The zero-order valence-electron chi connectivity index (χ0n) is 11.6. The molecule has 0 aliphatic carbocycles. The van der Waals surface area contributed by atoms with Gasteiger partial charge in [-0.3, -0.25) is 4.79 Å². The Bertz CT molecular complexity index is 656. The van der Waals surface area contributed by atoms with Crippen molar-refractivity contribution in [3.63, 3.8) is 0 Å². The molecule has 21 heavy (non-hydrogen) atoms. The van der Waals surface area contributed by atoms with Gasteiger partial charge in [-0.2, -0.15) is 0 Å². The van der Waals surface area contributed by atoms with E-state index >= 15 is 0 Å². The average Bonchev–Trinajstić information content (AvgIpc) is 2.55. The highest BCUT2D eigenvalue weighted by molar-refractivity contribution is 6.05. The number of anilines is 2. The van der Waals surface area contributed by atoms with Crippen LogP contribution in [0.1, 0.15) is 10.4 Å². The summed E-state index contributed by atoms with van der Waals surface area (Å²) in [4.78, 5) is 16.4. The molecule has 6 heteroatoms. The number of nitrogens with one attached hydrogen (secondary N) is 2. The van der Waals surface area contributed by atoms with E-state index in [1.54, 1.807) is 25.2 Å². The summed E-state index contributed by atoms with van der Waals surface area (Å²) in [7, 11) is 1.77. The molecule has 3 rings (SSSR count). The van der Waals surface area contributed by atoms with Crippen molar-refractivity contribution in [1.82, 2.24) is 4.98 Å². The maximum absolute atomic E-state index is 12.2. The molecule has 0 unspecified atom stereocenters. The summed E-state index contributed by atoms with van der Waals surface area (Å²) in [6.45, 7) is 0.984. The first kappa shape index (κ1) is 13.2. The number of benzene rings is 1. The number of ether oxygens (including phenoxy) is 2. The van der Waals surface area contributed by atoms with Crippen molar-refractivity contribution in [3.05, 3.63) is 42.1 Å². The van der Waals surface area contributed by atoms with E-state index in [0.29, 0.717) is 41.8 Å². The second-order valence-corrected chi connectivity index (χ2v) is 4.47. The van der Waals surface area contributed by atoms with Gasteiger partial charge in [0.25, 0.3) is 5.91 Å². The fourth-order valence-corrected chi connectivity index (χ4v) is 2.04. The number of fused-ring (bicyclic) bond motifs is 1. The van der Waals surface area contributed by atoms with Gasteiger partial charge in [-0.1, -0.05) is 6.07 Å². The van der Waals surface area contributed by atoms with Crippen LogP contribution in [-0.4, -0.2) is 31.2 Å². The number of pyridine rings is 1. The Morgan fingerprint density at radius 3 is 2.81 bits per heavy atom. The molecule has 6 nitrogen and oxygen atoms in total. The third-order valence-electron chi connectivity index (χ3n) is 3.10. The van der Waals surface area contributed by atoms with Gasteiger partial charge in [-0.25, -0.2) is 4.98 Å². The van der Waals surface area contributed by atoms with Crippen molar-refractivity contribution in [3.8, 4) is 11.5 Å². The van der Waals surface area contributed by atoms with Crippen LogP contribution in [-0.2, 0) is 0 Å². The summed E-state index contributed by atoms with van der Waals surface area (Å²) in [5.74, 6) is 1.67. The third-order valence-corrected chi connectivity index (χ3v) is 3.10. The van der Waals surface area contributed by atoms with Crippen molar-refractivity contribution in [1.29, 1.82) is 0 Å². The van der Waals surface area contributed by atoms with Crippen molar-refractivity contribution in [2.75, 3.05) is 30.9 Å². The number of carbonyl (C=O) groups excluding carboxylic acids is 1. The maximum atomic E-state index is 12.2. The molecule has 0 spiro atoms. The minimum absolute atomic E-state index is 0.243. The van der Waals surface area contributed by atoms with Gasteiger partial charge in [0.15, 0.2) is 11.5 Å². The minimum Gasteiger partial charge on any atom is -0.486 e. The zero-order chi connectivity index (χ0) is 14.7. The van der Waals surface area contributed by atoms with Gasteiger partial charge in [0.05, 0.1) is 11.3 Å². The first-order chi connectivity index (χ1) is 10.3. The Morgan fingerprint density at radius 2 is 2.05 bits per heavy atom. The smallest absolute Gasteiger partial charge is 0.257 e. The van der Waals surface area contributed by atoms with Crippen LogP contribution < -0.4 is 20.1 Å². The number of nitrogens with zero attached hydrogens (tertiary/aromatic N) is 1. The van der Waals surface area contributed by atoms with Crippen LogP contribution in [0.3, 0.4) is 0 Å². The van der Waals surface area contributed by atoms with Gasteiger partial charge in [-0.15, -0.1) is 0 Å². The minimum atomic E-state index is -0.243. The zero-order valence-corrected chi connectivity index (χ0v) is 11.6. The van der Waals surface area contributed by atoms with E-state index in [1.807, 2.05) is 12.1 Å². The molecular formula is C15H15N3O3. The van der Waals surface area contributed by atoms with Crippen molar-refractivity contribution < 1.29 is 14.3 Å². The number of hydrogen-bond acceptors (Lipinski definition) is 5. The molecule has 1 aromatic heterocycles. The number of carbonyl (C=O) groups is 1. The fraction of sp³-hybridized carbons (Fsp3) is 0.200. The predicted molar refractivity (Wildman–Crippen MR) is 79.2 cm³/mol. The molecule has 0 fully saturated rings. The molecule has 0 radical (unpaired) electrons. The van der Waals surface area contributed by atoms with Crippen LogP contribution in [0.4, 0.5) is 11.5 Å². The molecule has 1 amide bonds. The monoisotopic (exact) mass is 285 g/mol. The Labute approximate surface area is 122 Å². The lowest BCUT2D eigenvalue weighted by Crippen LogP contribution is -2.18. The van der Waals surface area contributed by atoms with E-state index in [-0.39, 0.29) is 5.91 Å². The molecule has 2 aromatic rings. The Kier molecular flexibility index (Phi) is 3.59. The average molecular weight is 285 g/mol. The van der Waals surface area contributed by atoms with E-state index < -0.39 is 0 Å². The summed E-state index contributed by atoms with van der Waals surface area (Å²) < 4.78 is 11.0. The third kappa shape index (κ3) is 2.74. The Balaban J connectivity index is 1.81. The first-order valence-corrected chi connectivity index (χ1v) is 6.61. The number of hydrogen-bond donors (Lipinski definition) is 2. The number of amides is 1. The number of para-hydroxylation sites is 1. The van der Waals surface area contributed by atoms with Crippen LogP contribution in [0, 0.1) is 0 Å². The number of rotatable bonds is 3. The van der Waals surface area contributed by atoms with E-state index in [1.165, 1.54) is 6.20 Å². The highest BCUT2D eigenvalue weighted by atomic mass is 16.6.